The average molecular weight is 445 g/mol. The van der Waals surface area contributed by atoms with Crippen LogP contribution in [0.25, 0.3) is 0 Å². The number of amidine groups is 1. The van der Waals surface area contributed by atoms with Crippen LogP contribution in [0, 0.1) is 0 Å². The van der Waals surface area contributed by atoms with Crippen LogP contribution in [0.4, 0.5) is 5.69 Å². The molecule has 31 heavy (non-hydrogen) atoms. The number of nitrogens with two attached hydrogens (primary N) is 1. The maximum atomic E-state index is 6.67. The number of benzene rings is 1. The van der Waals surface area contributed by atoms with Gasteiger partial charge in [0.05, 0.1) is 18.2 Å². The van der Waals surface area contributed by atoms with Gasteiger partial charge in [-0.3, -0.25) is 5.73 Å². The summed E-state index contributed by atoms with van der Waals surface area (Å²) in [7, 11) is 2.15. The Morgan fingerprint density at radius 3 is 2.77 bits per heavy atom. The number of nitrogens with one attached hydrogen (secondary N) is 2. The fraction of sp³-hybridized carbons (Fsp3) is 0.435. The van der Waals surface area contributed by atoms with Crippen molar-refractivity contribution in [1.29, 1.82) is 0 Å². The molecule has 1 atom stereocenters. The van der Waals surface area contributed by atoms with E-state index in [2.05, 4.69) is 57.8 Å². The van der Waals surface area contributed by atoms with Gasteiger partial charge >= 0.3 is 0 Å². The average Bonchev–Trinajstić information content (AvgIpc) is 2.77. The van der Waals surface area contributed by atoms with Gasteiger partial charge in [-0.05, 0) is 25.6 Å². The fourth-order valence-electron chi connectivity index (χ4n) is 3.61. The number of ether oxygens (including phenoxy) is 1. The Balaban J connectivity index is 1.88. The molecule has 1 aromatic carbocycles. The third kappa shape index (κ3) is 5.89. The smallest absolute Gasteiger partial charge is 0.211 e. The van der Waals surface area contributed by atoms with Gasteiger partial charge in [0, 0.05) is 55.7 Å². The van der Waals surface area contributed by atoms with Crippen molar-refractivity contribution in [2.24, 2.45) is 10.7 Å². The number of anilines is 1. The first-order chi connectivity index (χ1) is 15.0. The van der Waals surface area contributed by atoms with Gasteiger partial charge in [-0.1, -0.05) is 29.8 Å². The lowest BCUT2D eigenvalue weighted by Gasteiger charge is -2.36. The monoisotopic (exact) mass is 444 g/mol. The molecule has 0 saturated carbocycles. The number of hydrogen-bond acceptors (Lipinski definition) is 7. The normalized spacial score (nSPS) is 21.7. The summed E-state index contributed by atoms with van der Waals surface area (Å²) in [6.07, 6.45) is 6.09. The number of likely N-dealkylation sites (N-methyl/N-ethyl adjacent to an activating group) is 1. The Hall–Kier alpha value is -2.32. The van der Waals surface area contributed by atoms with Crippen LogP contribution in [0.2, 0.25) is 0 Å². The number of halogens is 1. The lowest BCUT2D eigenvalue weighted by molar-refractivity contribution is 0.149. The van der Waals surface area contributed by atoms with Gasteiger partial charge in [0.1, 0.15) is 5.84 Å². The SMILES string of the molecule is C=CCCNC1=NC(N)(c2ccc(N3CCN(C)CC3)c(COCC=C)c2)NC=C1Cl. The molecule has 4 N–H and O–H groups in total. The van der Waals surface area contributed by atoms with Crippen molar-refractivity contribution in [2.45, 2.75) is 18.8 Å². The Morgan fingerprint density at radius 1 is 1.29 bits per heavy atom. The molecule has 1 aromatic rings. The third-order valence-electron chi connectivity index (χ3n) is 5.43. The highest BCUT2D eigenvalue weighted by Gasteiger charge is 2.31. The molecule has 2 aliphatic rings. The second kappa shape index (κ2) is 10.8. The van der Waals surface area contributed by atoms with Crippen LogP contribution in [0.15, 0.2) is 59.7 Å². The second-order valence-corrected chi connectivity index (χ2v) is 8.21. The van der Waals surface area contributed by atoms with E-state index in [4.69, 9.17) is 22.1 Å². The Bertz CT molecular complexity index is 846. The van der Waals surface area contributed by atoms with Crippen LogP contribution in [0.5, 0.6) is 0 Å². The molecule has 1 unspecified atom stereocenters. The number of aliphatic imine (C=N–C) groups is 1. The highest BCUT2D eigenvalue weighted by Crippen LogP contribution is 2.29. The van der Waals surface area contributed by atoms with E-state index >= 15 is 0 Å². The molecule has 1 saturated heterocycles. The molecule has 0 radical (unpaired) electrons. The third-order valence-corrected chi connectivity index (χ3v) is 5.72. The quantitative estimate of drug-likeness (QED) is 0.401. The van der Waals surface area contributed by atoms with E-state index in [1.54, 1.807) is 12.3 Å². The summed E-state index contributed by atoms with van der Waals surface area (Å²) in [4.78, 5) is 9.42. The molecule has 0 amide bonds. The molecule has 2 aliphatic heterocycles. The summed E-state index contributed by atoms with van der Waals surface area (Å²) in [5, 5.41) is 6.87. The first-order valence-electron chi connectivity index (χ1n) is 10.6. The zero-order chi connectivity index (χ0) is 22.3. The lowest BCUT2D eigenvalue weighted by Crippen LogP contribution is -2.51. The number of hydrogen-bond donors (Lipinski definition) is 3. The van der Waals surface area contributed by atoms with E-state index in [1.165, 1.54) is 5.69 Å². The van der Waals surface area contributed by atoms with E-state index in [1.807, 2.05) is 12.1 Å². The molecule has 7 nitrogen and oxygen atoms in total. The summed E-state index contributed by atoms with van der Waals surface area (Å²) in [5.74, 6) is -0.555. The first-order valence-corrected chi connectivity index (χ1v) is 11.0. The first kappa shape index (κ1) is 23.3. The highest BCUT2D eigenvalue weighted by molar-refractivity contribution is 6.43. The minimum absolute atomic E-state index is 0.475. The van der Waals surface area contributed by atoms with Gasteiger partial charge in [0.2, 0.25) is 5.79 Å². The van der Waals surface area contributed by atoms with Crippen molar-refractivity contribution >= 4 is 23.1 Å². The molecule has 0 aromatic heterocycles. The summed E-state index contributed by atoms with van der Waals surface area (Å²) >= 11 is 6.31. The van der Waals surface area contributed by atoms with E-state index in [9.17, 15) is 0 Å². The van der Waals surface area contributed by atoms with Crippen molar-refractivity contribution in [2.75, 3.05) is 51.3 Å². The molecule has 8 heteroatoms. The highest BCUT2D eigenvalue weighted by atomic mass is 35.5. The molecular formula is C23H33ClN6O. The van der Waals surface area contributed by atoms with Crippen LogP contribution < -0.4 is 21.3 Å². The van der Waals surface area contributed by atoms with Gasteiger partial charge in [0.25, 0.3) is 0 Å². The lowest BCUT2D eigenvalue weighted by atomic mass is 10.0. The van der Waals surface area contributed by atoms with Gasteiger partial charge in [-0.25, -0.2) is 4.99 Å². The summed E-state index contributed by atoms with van der Waals surface area (Å²) < 4.78 is 5.79. The topological polar surface area (TPSA) is 78.2 Å². The van der Waals surface area contributed by atoms with Gasteiger partial charge in [-0.15, -0.1) is 13.2 Å². The van der Waals surface area contributed by atoms with Crippen molar-refractivity contribution in [3.05, 3.63) is 65.9 Å². The number of nitrogens with zero attached hydrogens (tertiary/aromatic N) is 3. The molecule has 168 valence electrons. The largest absolute Gasteiger partial charge is 0.373 e. The summed E-state index contributed by atoms with van der Waals surface area (Å²) in [6, 6.07) is 6.21. The number of rotatable bonds is 9. The Labute approximate surface area is 190 Å². The second-order valence-electron chi connectivity index (χ2n) is 7.81. The standard InChI is InChI=1S/C23H33ClN6O/c1-4-6-9-26-22-20(24)16-27-23(25,28-22)19-7-8-21(18(15-19)17-31-14-5-2)30-12-10-29(3)11-13-30/h4-5,7-8,15-16,27H,1-2,6,9-14,17,25H2,3H3,(H,26,28). The zero-order valence-electron chi connectivity index (χ0n) is 18.2. The molecule has 0 spiro atoms. The Morgan fingerprint density at radius 2 is 2.06 bits per heavy atom. The van der Waals surface area contributed by atoms with Crippen LogP contribution in [-0.2, 0) is 17.1 Å². The summed E-state index contributed by atoms with van der Waals surface area (Å²) in [6.45, 7) is 13.2. The Kier molecular flexibility index (Phi) is 8.15. The van der Waals surface area contributed by atoms with Crippen molar-refractivity contribution < 1.29 is 4.74 Å². The maximum Gasteiger partial charge on any atom is 0.211 e. The molecule has 3 rings (SSSR count). The van der Waals surface area contributed by atoms with E-state index < -0.39 is 5.79 Å². The molecule has 1 fully saturated rings. The van der Waals surface area contributed by atoms with Crippen molar-refractivity contribution in [3.63, 3.8) is 0 Å². The van der Waals surface area contributed by atoms with Gasteiger partial charge < -0.3 is 25.2 Å². The van der Waals surface area contributed by atoms with E-state index in [-0.39, 0.29) is 0 Å². The van der Waals surface area contributed by atoms with Crippen LogP contribution in [0.1, 0.15) is 17.5 Å². The van der Waals surface area contributed by atoms with E-state index in [0.29, 0.717) is 30.6 Å². The number of piperazine rings is 1. The van der Waals surface area contributed by atoms with Gasteiger partial charge in [0.15, 0.2) is 0 Å². The van der Waals surface area contributed by atoms with Crippen molar-refractivity contribution in [1.82, 2.24) is 15.5 Å². The van der Waals surface area contributed by atoms with Crippen LogP contribution in [0.3, 0.4) is 0 Å². The van der Waals surface area contributed by atoms with Crippen molar-refractivity contribution in [3.8, 4) is 0 Å². The summed E-state index contributed by atoms with van der Waals surface area (Å²) in [5.41, 5.74) is 9.75. The fourth-order valence-corrected chi connectivity index (χ4v) is 3.78. The minimum atomic E-state index is -1.12. The van der Waals surface area contributed by atoms with Crippen LogP contribution >= 0.6 is 11.6 Å². The van der Waals surface area contributed by atoms with E-state index in [0.717, 1.165) is 43.7 Å². The van der Waals surface area contributed by atoms with Gasteiger partial charge in [-0.2, -0.15) is 0 Å². The van der Waals surface area contributed by atoms with Crippen LogP contribution in [-0.4, -0.2) is 57.1 Å². The maximum absolute atomic E-state index is 6.67. The predicted octanol–water partition coefficient (Wildman–Crippen LogP) is 2.46. The molecular weight excluding hydrogens is 412 g/mol. The minimum Gasteiger partial charge on any atom is -0.373 e. The predicted molar refractivity (Wildman–Crippen MR) is 129 cm³/mol. The molecule has 0 bridgehead atoms. The zero-order valence-corrected chi connectivity index (χ0v) is 19.0. The molecule has 0 aliphatic carbocycles. The molecule has 2 heterocycles.